The second kappa shape index (κ2) is 7.40. The largest absolute Gasteiger partial charge is 0.360 e. The molecule has 0 amide bonds. The lowest BCUT2D eigenvalue weighted by molar-refractivity contribution is 0.400. The standard InChI is InChI=1S/C16H20N4O3S2/c1-11-10-15(19-23-11)20-25(21,22)14-8-6-13(7-9-14)18-16(24)17-12-4-2-3-5-12/h6-10,12H,2-5H2,1H3,(H,19,20)(H2,17,18,24). The number of nitrogens with zero attached hydrogens (tertiary/aromatic N) is 1. The summed E-state index contributed by atoms with van der Waals surface area (Å²) in [7, 11) is -3.71. The normalized spacial score (nSPS) is 15.1. The van der Waals surface area contributed by atoms with Crippen LogP contribution in [-0.4, -0.2) is 24.7 Å². The van der Waals surface area contributed by atoms with Crippen LogP contribution in [0.25, 0.3) is 0 Å². The van der Waals surface area contributed by atoms with Gasteiger partial charge in [0.2, 0.25) is 0 Å². The molecule has 2 aromatic rings. The number of nitrogens with one attached hydrogen (secondary N) is 3. The van der Waals surface area contributed by atoms with E-state index in [2.05, 4.69) is 20.5 Å². The lowest BCUT2D eigenvalue weighted by Crippen LogP contribution is -2.35. The molecule has 0 radical (unpaired) electrons. The molecule has 3 N–H and O–H groups in total. The first kappa shape index (κ1) is 17.7. The van der Waals surface area contributed by atoms with Gasteiger partial charge in [0.25, 0.3) is 10.0 Å². The van der Waals surface area contributed by atoms with Gasteiger partial charge >= 0.3 is 0 Å². The maximum absolute atomic E-state index is 12.3. The monoisotopic (exact) mass is 380 g/mol. The molecule has 1 saturated carbocycles. The molecule has 0 bridgehead atoms. The molecule has 0 aliphatic heterocycles. The van der Waals surface area contributed by atoms with Crippen LogP contribution in [0.15, 0.2) is 39.8 Å². The van der Waals surface area contributed by atoms with Crippen LogP contribution in [0.2, 0.25) is 0 Å². The first-order chi connectivity index (χ1) is 11.9. The van der Waals surface area contributed by atoms with Gasteiger partial charge in [-0.2, -0.15) is 0 Å². The Balaban J connectivity index is 1.61. The summed E-state index contributed by atoms with van der Waals surface area (Å²) in [6, 6.07) is 8.30. The van der Waals surface area contributed by atoms with E-state index in [0.29, 0.717) is 16.9 Å². The van der Waals surface area contributed by atoms with Crippen molar-refractivity contribution >= 4 is 38.9 Å². The minimum absolute atomic E-state index is 0.133. The summed E-state index contributed by atoms with van der Waals surface area (Å²) >= 11 is 5.30. The topological polar surface area (TPSA) is 96.3 Å². The first-order valence-corrected chi connectivity index (χ1v) is 9.95. The third kappa shape index (κ3) is 4.70. The summed E-state index contributed by atoms with van der Waals surface area (Å²) in [5.41, 5.74) is 0.728. The molecule has 1 heterocycles. The van der Waals surface area contributed by atoms with Crippen molar-refractivity contribution in [1.29, 1.82) is 0 Å². The zero-order valence-corrected chi connectivity index (χ0v) is 15.4. The highest BCUT2D eigenvalue weighted by atomic mass is 32.2. The molecule has 1 aromatic carbocycles. The summed E-state index contributed by atoms with van der Waals surface area (Å²) in [5.74, 6) is 0.683. The first-order valence-electron chi connectivity index (χ1n) is 8.06. The van der Waals surface area contributed by atoms with Gasteiger partial charge in [-0.3, -0.25) is 4.72 Å². The second-order valence-corrected chi connectivity index (χ2v) is 8.12. The van der Waals surface area contributed by atoms with E-state index in [9.17, 15) is 8.42 Å². The molecule has 0 spiro atoms. The van der Waals surface area contributed by atoms with Crippen molar-refractivity contribution in [2.75, 3.05) is 10.0 Å². The summed E-state index contributed by atoms with van der Waals surface area (Å²) in [6.45, 7) is 1.69. The number of aromatic nitrogens is 1. The molecular formula is C16H20N4O3S2. The van der Waals surface area contributed by atoms with E-state index in [0.717, 1.165) is 18.5 Å². The summed E-state index contributed by atoms with van der Waals surface area (Å²) < 4.78 is 31.9. The zero-order valence-electron chi connectivity index (χ0n) is 13.8. The van der Waals surface area contributed by atoms with Crippen molar-refractivity contribution in [2.24, 2.45) is 0 Å². The maximum atomic E-state index is 12.3. The molecule has 1 aliphatic carbocycles. The van der Waals surface area contributed by atoms with E-state index in [-0.39, 0.29) is 10.7 Å². The van der Waals surface area contributed by atoms with Crippen molar-refractivity contribution in [3.8, 4) is 0 Å². The lowest BCUT2D eigenvalue weighted by atomic mass is 10.2. The van der Waals surface area contributed by atoms with E-state index in [4.69, 9.17) is 16.7 Å². The predicted octanol–water partition coefficient (Wildman–Crippen LogP) is 3.01. The molecule has 1 aliphatic rings. The highest BCUT2D eigenvalue weighted by molar-refractivity contribution is 7.92. The smallest absolute Gasteiger partial charge is 0.263 e. The van der Waals surface area contributed by atoms with Crippen LogP contribution in [-0.2, 0) is 10.0 Å². The third-order valence-electron chi connectivity index (χ3n) is 3.98. The van der Waals surface area contributed by atoms with Crippen LogP contribution in [0.4, 0.5) is 11.5 Å². The molecule has 134 valence electrons. The molecule has 1 aromatic heterocycles. The van der Waals surface area contributed by atoms with Crippen molar-refractivity contribution < 1.29 is 12.9 Å². The number of hydrogen-bond acceptors (Lipinski definition) is 5. The van der Waals surface area contributed by atoms with Crippen LogP contribution >= 0.6 is 12.2 Å². The van der Waals surface area contributed by atoms with Crippen LogP contribution in [0.1, 0.15) is 31.4 Å². The van der Waals surface area contributed by atoms with Gasteiger partial charge in [-0.1, -0.05) is 18.0 Å². The number of anilines is 2. The molecule has 0 unspecified atom stereocenters. The van der Waals surface area contributed by atoms with Crippen LogP contribution in [0.3, 0.4) is 0 Å². The van der Waals surface area contributed by atoms with Crippen molar-refractivity contribution in [3.63, 3.8) is 0 Å². The molecule has 25 heavy (non-hydrogen) atoms. The Morgan fingerprint density at radius 3 is 2.52 bits per heavy atom. The lowest BCUT2D eigenvalue weighted by Gasteiger charge is -2.15. The fourth-order valence-corrected chi connectivity index (χ4v) is 4.02. The molecule has 7 nitrogen and oxygen atoms in total. The summed E-state index contributed by atoms with van der Waals surface area (Å²) in [5, 5.41) is 10.5. The highest BCUT2D eigenvalue weighted by Crippen LogP contribution is 2.19. The molecular weight excluding hydrogens is 360 g/mol. The molecule has 3 rings (SSSR count). The van der Waals surface area contributed by atoms with Gasteiger partial charge in [-0.05, 0) is 56.2 Å². The SMILES string of the molecule is Cc1cc(NS(=O)(=O)c2ccc(NC(=S)NC3CCCC3)cc2)no1. The number of benzene rings is 1. The number of rotatable bonds is 5. The molecule has 0 atom stereocenters. The van der Waals surface area contributed by atoms with E-state index in [1.165, 1.54) is 31.0 Å². The minimum atomic E-state index is -3.71. The summed E-state index contributed by atoms with van der Waals surface area (Å²) in [4.78, 5) is 0.133. The molecule has 9 heteroatoms. The molecule has 0 saturated heterocycles. The Hall–Kier alpha value is -2.13. The fourth-order valence-electron chi connectivity index (χ4n) is 2.75. The number of thiocarbonyl (C=S) groups is 1. The van der Waals surface area contributed by atoms with Gasteiger partial charge in [0.05, 0.1) is 4.90 Å². The minimum Gasteiger partial charge on any atom is -0.360 e. The van der Waals surface area contributed by atoms with Crippen molar-refractivity contribution in [1.82, 2.24) is 10.5 Å². The Bertz CT molecular complexity index is 841. The number of aryl methyl sites for hydroxylation is 1. The predicted molar refractivity (Wildman–Crippen MR) is 100 cm³/mol. The Labute approximate surface area is 152 Å². The average Bonchev–Trinajstić information content (AvgIpc) is 3.19. The van der Waals surface area contributed by atoms with E-state index < -0.39 is 10.0 Å². The van der Waals surface area contributed by atoms with Crippen LogP contribution in [0, 0.1) is 6.92 Å². The van der Waals surface area contributed by atoms with Gasteiger partial charge < -0.3 is 15.2 Å². The quantitative estimate of drug-likeness (QED) is 0.686. The van der Waals surface area contributed by atoms with E-state index in [1.807, 2.05) is 0 Å². The zero-order chi connectivity index (χ0) is 17.9. The summed E-state index contributed by atoms with van der Waals surface area (Å²) in [6.07, 6.45) is 4.72. The maximum Gasteiger partial charge on any atom is 0.263 e. The van der Waals surface area contributed by atoms with Gasteiger partial charge in [0, 0.05) is 17.8 Å². The fraction of sp³-hybridized carbons (Fsp3) is 0.375. The van der Waals surface area contributed by atoms with Crippen LogP contribution < -0.4 is 15.4 Å². The Morgan fingerprint density at radius 2 is 1.92 bits per heavy atom. The second-order valence-electron chi connectivity index (χ2n) is 6.03. The molecule has 1 fully saturated rings. The van der Waals surface area contributed by atoms with E-state index in [1.54, 1.807) is 19.1 Å². The van der Waals surface area contributed by atoms with Gasteiger partial charge in [-0.15, -0.1) is 0 Å². The van der Waals surface area contributed by atoms with Crippen LogP contribution in [0.5, 0.6) is 0 Å². The number of sulfonamides is 1. The third-order valence-corrected chi connectivity index (χ3v) is 5.57. The van der Waals surface area contributed by atoms with E-state index >= 15 is 0 Å². The van der Waals surface area contributed by atoms with Crippen molar-refractivity contribution in [3.05, 3.63) is 36.1 Å². The highest BCUT2D eigenvalue weighted by Gasteiger charge is 2.17. The van der Waals surface area contributed by atoms with Crippen molar-refractivity contribution in [2.45, 2.75) is 43.5 Å². The Morgan fingerprint density at radius 1 is 1.24 bits per heavy atom. The Kier molecular flexibility index (Phi) is 5.24. The van der Waals surface area contributed by atoms with Gasteiger partial charge in [0.1, 0.15) is 5.76 Å². The number of hydrogen-bond donors (Lipinski definition) is 3. The van der Waals surface area contributed by atoms with Gasteiger partial charge in [-0.25, -0.2) is 8.42 Å². The average molecular weight is 380 g/mol. The van der Waals surface area contributed by atoms with Gasteiger partial charge in [0.15, 0.2) is 10.9 Å².